The summed E-state index contributed by atoms with van der Waals surface area (Å²) in [4.78, 5) is 27.0. The van der Waals surface area contributed by atoms with E-state index in [9.17, 15) is 4.79 Å². The molecule has 2 aliphatic heterocycles. The standard InChI is InChI=1S/C24H32N4O/c1-17-6-4-7-20(14-17)22-15-25-18(2)26-23(22)21-8-5-11-28(16-21)24(29)19-9-12-27(3)13-10-19/h4,6-7,14-15,19,21H,5,8-13,16H2,1-3H3/t21-/m1/s1. The second kappa shape index (κ2) is 8.62. The monoisotopic (exact) mass is 392 g/mol. The van der Waals surface area contributed by atoms with E-state index < -0.39 is 0 Å². The quantitative estimate of drug-likeness (QED) is 0.797. The fourth-order valence-corrected chi connectivity index (χ4v) is 4.75. The number of aryl methyl sites for hydroxylation is 2. The van der Waals surface area contributed by atoms with E-state index in [-0.39, 0.29) is 11.8 Å². The molecule has 5 nitrogen and oxygen atoms in total. The minimum atomic E-state index is 0.188. The van der Waals surface area contributed by atoms with E-state index in [0.29, 0.717) is 5.91 Å². The number of piperidine rings is 2. The van der Waals surface area contributed by atoms with Gasteiger partial charge in [0, 0.05) is 36.7 Å². The number of hydrogen-bond acceptors (Lipinski definition) is 4. The maximum absolute atomic E-state index is 13.2. The van der Waals surface area contributed by atoms with Gasteiger partial charge in [0.2, 0.25) is 5.91 Å². The van der Waals surface area contributed by atoms with Gasteiger partial charge in [0.1, 0.15) is 5.82 Å². The van der Waals surface area contributed by atoms with Crippen LogP contribution in [0.1, 0.15) is 48.7 Å². The van der Waals surface area contributed by atoms with Gasteiger partial charge in [0.15, 0.2) is 0 Å². The first-order chi connectivity index (χ1) is 14.0. The Hall–Kier alpha value is -2.27. The van der Waals surface area contributed by atoms with Crippen molar-refractivity contribution in [2.24, 2.45) is 5.92 Å². The van der Waals surface area contributed by atoms with Crippen molar-refractivity contribution in [3.63, 3.8) is 0 Å². The lowest BCUT2D eigenvalue weighted by molar-refractivity contribution is -0.138. The second-order valence-electron chi connectivity index (χ2n) is 8.79. The SMILES string of the molecule is Cc1cccc(-c2cnc(C)nc2[C@@H]2CCCN(C(=O)C3CCN(C)CC3)C2)c1. The average Bonchev–Trinajstić information content (AvgIpc) is 2.74. The maximum Gasteiger partial charge on any atom is 0.225 e. The van der Waals surface area contributed by atoms with Crippen molar-refractivity contribution in [3.05, 3.63) is 47.5 Å². The predicted octanol–water partition coefficient (Wildman–Crippen LogP) is 3.81. The molecular weight excluding hydrogens is 360 g/mol. The second-order valence-corrected chi connectivity index (χ2v) is 8.79. The highest BCUT2D eigenvalue weighted by molar-refractivity contribution is 5.79. The molecule has 154 valence electrons. The van der Waals surface area contributed by atoms with E-state index in [1.54, 1.807) is 0 Å². The van der Waals surface area contributed by atoms with Crippen molar-refractivity contribution in [2.45, 2.75) is 45.4 Å². The molecule has 0 radical (unpaired) electrons. The summed E-state index contributed by atoms with van der Waals surface area (Å²) in [6, 6.07) is 8.53. The maximum atomic E-state index is 13.2. The van der Waals surface area contributed by atoms with E-state index in [2.05, 4.69) is 53.0 Å². The first kappa shape index (κ1) is 20.0. The summed E-state index contributed by atoms with van der Waals surface area (Å²) >= 11 is 0. The molecule has 2 aromatic rings. The number of likely N-dealkylation sites (tertiary alicyclic amines) is 2. The van der Waals surface area contributed by atoms with Gasteiger partial charge < -0.3 is 9.80 Å². The summed E-state index contributed by atoms with van der Waals surface area (Å²) in [5.74, 6) is 1.62. The lowest BCUT2D eigenvalue weighted by Gasteiger charge is -2.37. The van der Waals surface area contributed by atoms with Crippen LogP contribution < -0.4 is 0 Å². The van der Waals surface area contributed by atoms with Gasteiger partial charge in [-0.15, -0.1) is 0 Å². The highest BCUT2D eigenvalue weighted by atomic mass is 16.2. The highest BCUT2D eigenvalue weighted by Gasteiger charge is 2.32. The molecule has 1 aromatic carbocycles. The number of nitrogens with zero attached hydrogens (tertiary/aromatic N) is 4. The van der Waals surface area contributed by atoms with Crippen molar-refractivity contribution in [1.82, 2.24) is 19.8 Å². The van der Waals surface area contributed by atoms with Crippen molar-refractivity contribution in [2.75, 3.05) is 33.2 Å². The van der Waals surface area contributed by atoms with E-state index in [1.165, 1.54) is 11.1 Å². The minimum Gasteiger partial charge on any atom is -0.342 e. The predicted molar refractivity (Wildman–Crippen MR) is 116 cm³/mol. The Balaban J connectivity index is 1.57. The molecule has 0 spiro atoms. The summed E-state index contributed by atoms with van der Waals surface area (Å²) < 4.78 is 0. The molecule has 2 fully saturated rings. The molecule has 2 saturated heterocycles. The number of hydrogen-bond donors (Lipinski definition) is 0. The molecule has 5 heteroatoms. The minimum absolute atomic E-state index is 0.188. The van der Waals surface area contributed by atoms with Crippen molar-refractivity contribution in [3.8, 4) is 11.1 Å². The highest BCUT2D eigenvalue weighted by Crippen LogP contribution is 2.34. The number of benzene rings is 1. The molecule has 0 aliphatic carbocycles. The van der Waals surface area contributed by atoms with Crippen molar-refractivity contribution in [1.29, 1.82) is 0 Å². The topological polar surface area (TPSA) is 49.3 Å². The lowest BCUT2D eigenvalue weighted by Crippen LogP contribution is -2.45. The fraction of sp³-hybridized carbons (Fsp3) is 0.542. The molecule has 2 aliphatic rings. The molecule has 29 heavy (non-hydrogen) atoms. The zero-order valence-electron chi connectivity index (χ0n) is 17.9. The Labute approximate surface area is 174 Å². The van der Waals surface area contributed by atoms with Crippen LogP contribution in [0.15, 0.2) is 30.5 Å². The van der Waals surface area contributed by atoms with Gasteiger partial charge in [-0.3, -0.25) is 4.79 Å². The summed E-state index contributed by atoms with van der Waals surface area (Å²) in [6.07, 6.45) is 6.05. The summed E-state index contributed by atoms with van der Waals surface area (Å²) in [5.41, 5.74) is 4.61. The van der Waals surface area contributed by atoms with Crippen molar-refractivity contribution < 1.29 is 4.79 Å². The molecule has 4 rings (SSSR count). The largest absolute Gasteiger partial charge is 0.342 e. The van der Waals surface area contributed by atoms with Crippen LogP contribution in [0, 0.1) is 19.8 Å². The molecular formula is C24H32N4O. The Kier molecular flexibility index (Phi) is 5.95. The first-order valence-electron chi connectivity index (χ1n) is 10.9. The van der Waals surface area contributed by atoms with Crippen LogP contribution in [-0.4, -0.2) is 58.9 Å². The molecule has 1 amide bonds. The number of amides is 1. The van der Waals surface area contributed by atoms with Crippen LogP contribution in [0.5, 0.6) is 0 Å². The van der Waals surface area contributed by atoms with Crippen LogP contribution in [-0.2, 0) is 4.79 Å². The third-order valence-electron chi connectivity index (χ3n) is 6.46. The smallest absolute Gasteiger partial charge is 0.225 e. The van der Waals surface area contributed by atoms with Crippen LogP contribution >= 0.6 is 0 Å². The number of aromatic nitrogens is 2. The van der Waals surface area contributed by atoms with Gasteiger partial charge in [-0.2, -0.15) is 0 Å². The zero-order valence-corrected chi connectivity index (χ0v) is 17.9. The Morgan fingerprint density at radius 2 is 1.90 bits per heavy atom. The Morgan fingerprint density at radius 3 is 2.66 bits per heavy atom. The van der Waals surface area contributed by atoms with Gasteiger partial charge in [-0.1, -0.05) is 29.8 Å². The van der Waals surface area contributed by atoms with E-state index >= 15 is 0 Å². The Morgan fingerprint density at radius 1 is 1.10 bits per heavy atom. The van der Waals surface area contributed by atoms with Crippen LogP contribution in [0.3, 0.4) is 0 Å². The molecule has 0 N–H and O–H groups in total. The third kappa shape index (κ3) is 4.50. The van der Waals surface area contributed by atoms with Gasteiger partial charge >= 0.3 is 0 Å². The van der Waals surface area contributed by atoms with Gasteiger partial charge in [-0.05, 0) is 65.2 Å². The number of carbonyl (C=O) groups excluding carboxylic acids is 1. The average molecular weight is 393 g/mol. The van der Waals surface area contributed by atoms with Gasteiger partial charge in [0.05, 0.1) is 5.69 Å². The lowest BCUT2D eigenvalue weighted by atomic mass is 9.88. The number of carbonyl (C=O) groups is 1. The van der Waals surface area contributed by atoms with Crippen molar-refractivity contribution >= 4 is 5.91 Å². The third-order valence-corrected chi connectivity index (χ3v) is 6.46. The fourth-order valence-electron chi connectivity index (χ4n) is 4.75. The molecule has 1 atom stereocenters. The molecule has 1 aromatic heterocycles. The summed E-state index contributed by atoms with van der Waals surface area (Å²) in [6.45, 7) is 7.77. The Bertz CT molecular complexity index is 873. The number of rotatable bonds is 3. The molecule has 0 saturated carbocycles. The molecule has 3 heterocycles. The molecule has 0 bridgehead atoms. The van der Waals surface area contributed by atoms with Crippen LogP contribution in [0.25, 0.3) is 11.1 Å². The van der Waals surface area contributed by atoms with Crippen LogP contribution in [0.2, 0.25) is 0 Å². The van der Waals surface area contributed by atoms with Gasteiger partial charge in [0.25, 0.3) is 0 Å². The van der Waals surface area contributed by atoms with Crippen LogP contribution in [0.4, 0.5) is 0 Å². The summed E-state index contributed by atoms with van der Waals surface area (Å²) in [5, 5.41) is 0. The zero-order chi connectivity index (χ0) is 20.4. The molecule has 0 unspecified atom stereocenters. The normalized spacial score (nSPS) is 21.3. The first-order valence-corrected chi connectivity index (χ1v) is 10.9. The van der Waals surface area contributed by atoms with Gasteiger partial charge in [-0.25, -0.2) is 9.97 Å². The van der Waals surface area contributed by atoms with E-state index in [4.69, 9.17) is 4.98 Å². The summed E-state index contributed by atoms with van der Waals surface area (Å²) in [7, 11) is 2.14. The van der Waals surface area contributed by atoms with E-state index in [1.807, 2.05) is 13.1 Å². The van der Waals surface area contributed by atoms with E-state index in [0.717, 1.165) is 68.9 Å².